The molecule has 18 heavy (non-hydrogen) atoms. The second-order valence-corrected chi connectivity index (χ2v) is 5.75. The molecule has 4 nitrogen and oxygen atoms in total. The van der Waals surface area contributed by atoms with Crippen LogP contribution in [-0.2, 0) is 0 Å². The highest BCUT2D eigenvalue weighted by Crippen LogP contribution is 2.40. The van der Waals surface area contributed by atoms with E-state index in [1.165, 1.54) is 25.0 Å². The molecule has 0 aromatic heterocycles. The van der Waals surface area contributed by atoms with Crippen LogP contribution in [0.25, 0.3) is 0 Å². The minimum atomic E-state index is -0.501. The van der Waals surface area contributed by atoms with Crippen molar-refractivity contribution in [2.75, 3.05) is 5.32 Å². The molecule has 2 rings (SSSR count). The number of nitrogens with zero attached hydrogens (tertiary/aromatic N) is 1. The number of halogens is 2. The number of nitro benzene ring substituents is 1. The molecule has 1 aromatic rings. The van der Waals surface area contributed by atoms with Crippen molar-refractivity contribution in [1.82, 2.24) is 0 Å². The second-order valence-electron chi connectivity index (χ2n) is 4.93. The van der Waals surface area contributed by atoms with Crippen LogP contribution in [0, 0.1) is 10.1 Å². The third kappa shape index (κ3) is 2.70. The minimum Gasteiger partial charge on any atom is -0.377 e. The van der Waals surface area contributed by atoms with Gasteiger partial charge in [-0.25, -0.2) is 0 Å². The molecule has 0 radical (unpaired) electrons. The molecule has 1 aliphatic rings. The van der Waals surface area contributed by atoms with Gasteiger partial charge in [0, 0.05) is 17.7 Å². The van der Waals surface area contributed by atoms with E-state index in [0.717, 1.165) is 12.8 Å². The lowest BCUT2D eigenvalue weighted by Crippen LogP contribution is -2.31. The first-order valence-corrected chi connectivity index (χ1v) is 6.58. The Bertz CT molecular complexity index is 462. The molecule has 0 spiro atoms. The van der Waals surface area contributed by atoms with Gasteiger partial charge < -0.3 is 5.32 Å². The monoisotopic (exact) mass is 288 g/mol. The maximum absolute atomic E-state index is 10.7. The summed E-state index contributed by atoms with van der Waals surface area (Å²) < 4.78 is 0. The summed E-state index contributed by atoms with van der Waals surface area (Å²) in [6.45, 7) is 2.12. The van der Waals surface area contributed by atoms with Crippen molar-refractivity contribution in [2.45, 2.75) is 38.1 Å². The third-order valence-electron chi connectivity index (χ3n) is 3.37. The Labute approximate surface area is 115 Å². The van der Waals surface area contributed by atoms with Crippen LogP contribution >= 0.6 is 23.2 Å². The summed E-state index contributed by atoms with van der Waals surface area (Å²) >= 11 is 12.1. The van der Waals surface area contributed by atoms with Crippen molar-refractivity contribution in [3.8, 4) is 0 Å². The van der Waals surface area contributed by atoms with Crippen LogP contribution in [-0.4, -0.2) is 10.5 Å². The van der Waals surface area contributed by atoms with E-state index in [4.69, 9.17) is 23.2 Å². The van der Waals surface area contributed by atoms with Gasteiger partial charge in [-0.15, -0.1) is 0 Å². The van der Waals surface area contributed by atoms with E-state index in [0.29, 0.717) is 15.7 Å². The number of rotatable bonds is 3. The van der Waals surface area contributed by atoms with Gasteiger partial charge in [0.25, 0.3) is 5.69 Å². The Kier molecular flexibility index (Phi) is 3.69. The number of non-ortho nitro benzene ring substituents is 1. The van der Waals surface area contributed by atoms with E-state index in [2.05, 4.69) is 12.2 Å². The number of hydrogen-bond acceptors (Lipinski definition) is 3. The van der Waals surface area contributed by atoms with Gasteiger partial charge in [0.1, 0.15) is 0 Å². The van der Waals surface area contributed by atoms with E-state index in [9.17, 15) is 10.1 Å². The van der Waals surface area contributed by atoms with Gasteiger partial charge in [0.2, 0.25) is 0 Å². The normalized spacial score (nSPS) is 17.7. The zero-order valence-corrected chi connectivity index (χ0v) is 11.5. The predicted molar refractivity (Wildman–Crippen MR) is 73.6 cm³/mol. The molecule has 0 bridgehead atoms. The van der Waals surface area contributed by atoms with E-state index in [-0.39, 0.29) is 11.2 Å². The van der Waals surface area contributed by atoms with Crippen LogP contribution in [0.5, 0.6) is 0 Å². The smallest absolute Gasteiger partial charge is 0.272 e. The molecule has 98 valence electrons. The minimum absolute atomic E-state index is 0.0244. The SMILES string of the molecule is CC1(Nc2c(Cl)cc([N+](=O)[O-])cc2Cl)CCCC1. The Morgan fingerprint density at radius 2 is 1.78 bits per heavy atom. The fourth-order valence-corrected chi connectivity index (χ4v) is 2.94. The summed E-state index contributed by atoms with van der Waals surface area (Å²) in [7, 11) is 0. The van der Waals surface area contributed by atoms with E-state index in [1.54, 1.807) is 0 Å². The fraction of sp³-hybridized carbons (Fsp3) is 0.500. The van der Waals surface area contributed by atoms with E-state index >= 15 is 0 Å². The molecule has 0 atom stereocenters. The van der Waals surface area contributed by atoms with Crippen molar-refractivity contribution in [2.24, 2.45) is 0 Å². The zero-order chi connectivity index (χ0) is 13.3. The molecule has 1 N–H and O–H groups in total. The summed E-state index contributed by atoms with van der Waals surface area (Å²) in [5.41, 5.74) is 0.476. The molecule has 0 amide bonds. The number of hydrogen-bond donors (Lipinski definition) is 1. The molecule has 1 aromatic carbocycles. The first kappa shape index (κ1) is 13.4. The maximum atomic E-state index is 10.7. The summed E-state index contributed by atoms with van der Waals surface area (Å²) in [6.07, 6.45) is 4.45. The molecular weight excluding hydrogens is 275 g/mol. The fourth-order valence-electron chi connectivity index (χ4n) is 2.37. The molecule has 6 heteroatoms. The van der Waals surface area contributed by atoms with Crippen molar-refractivity contribution in [1.29, 1.82) is 0 Å². The van der Waals surface area contributed by atoms with Crippen LogP contribution in [0.2, 0.25) is 10.0 Å². The summed E-state index contributed by atoms with van der Waals surface area (Å²) in [5, 5.41) is 14.6. The topological polar surface area (TPSA) is 55.2 Å². The van der Waals surface area contributed by atoms with Crippen LogP contribution < -0.4 is 5.32 Å². The van der Waals surface area contributed by atoms with Crippen LogP contribution in [0.4, 0.5) is 11.4 Å². The van der Waals surface area contributed by atoms with Crippen molar-refractivity contribution < 1.29 is 4.92 Å². The van der Waals surface area contributed by atoms with E-state index < -0.39 is 4.92 Å². The first-order chi connectivity index (χ1) is 8.41. The second kappa shape index (κ2) is 4.94. The quantitative estimate of drug-likeness (QED) is 0.651. The largest absolute Gasteiger partial charge is 0.377 e. The molecule has 1 aliphatic carbocycles. The van der Waals surface area contributed by atoms with Crippen LogP contribution in [0.1, 0.15) is 32.6 Å². The Balaban J connectivity index is 2.31. The van der Waals surface area contributed by atoms with Gasteiger partial charge in [0.05, 0.1) is 20.7 Å². The molecule has 0 saturated heterocycles. The van der Waals surface area contributed by atoms with Crippen molar-refractivity contribution in [3.05, 3.63) is 32.3 Å². The molecule has 1 fully saturated rings. The summed E-state index contributed by atoms with van der Waals surface area (Å²) in [6, 6.07) is 2.65. The average Bonchev–Trinajstić information content (AvgIpc) is 2.70. The lowest BCUT2D eigenvalue weighted by atomic mass is 10.0. The Hall–Kier alpha value is -1.00. The Morgan fingerprint density at radius 1 is 1.28 bits per heavy atom. The number of anilines is 1. The lowest BCUT2D eigenvalue weighted by Gasteiger charge is -2.27. The van der Waals surface area contributed by atoms with Gasteiger partial charge in [0.15, 0.2) is 0 Å². The lowest BCUT2D eigenvalue weighted by molar-refractivity contribution is -0.384. The summed E-state index contributed by atoms with van der Waals surface area (Å²) in [4.78, 5) is 10.2. The van der Waals surface area contributed by atoms with E-state index in [1.807, 2.05) is 0 Å². The van der Waals surface area contributed by atoms with Gasteiger partial charge in [-0.05, 0) is 19.8 Å². The highest BCUT2D eigenvalue weighted by atomic mass is 35.5. The van der Waals surface area contributed by atoms with Gasteiger partial charge in [-0.1, -0.05) is 36.0 Å². The number of nitrogens with one attached hydrogen (secondary N) is 1. The Morgan fingerprint density at radius 3 is 2.22 bits per heavy atom. The highest BCUT2D eigenvalue weighted by Gasteiger charge is 2.30. The maximum Gasteiger partial charge on any atom is 0.272 e. The first-order valence-electron chi connectivity index (χ1n) is 5.83. The third-order valence-corrected chi connectivity index (χ3v) is 3.97. The zero-order valence-electron chi connectivity index (χ0n) is 10.0. The average molecular weight is 289 g/mol. The van der Waals surface area contributed by atoms with Crippen molar-refractivity contribution in [3.63, 3.8) is 0 Å². The molecule has 0 aliphatic heterocycles. The molecule has 0 heterocycles. The predicted octanol–water partition coefficient (Wildman–Crippen LogP) is 4.65. The van der Waals surface area contributed by atoms with Gasteiger partial charge in [-0.2, -0.15) is 0 Å². The van der Waals surface area contributed by atoms with Crippen LogP contribution in [0.15, 0.2) is 12.1 Å². The molecule has 0 unspecified atom stereocenters. The number of nitro groups is 1. The van der Waals surface area contributed by atoms with Gasteiger partial charge >= 0.3 is 0 Å². The standard InChI is InChI=1S/C12H14Cl2N2O2/c1-12(4-2-3-5-12)15-11-9(13)6-8(16(17)18)7-10(11)14/h6-7,15H,2-5H2,1H3. The molecular formula is C12H14Cl2N2O2. The van der Waals surface area contributed by atoms with Crippen LogP contribution in [0.3, 0.4) is 0 Å². The number of benzene rings is 1. The molecule has 1 saturated carbocycles. The summed E-state index contributed by atoms with van der Waals surface area (Å²) in [5.74, 6) is 0. The van der Waals surface area contributed by atoms with Crippen molar-refractivity contribution >= 4 is 34.6 Å². The highest BCUT2D eigenvalue weighted by molar-refractivity contribution is 6.39. The van der Waals surface area contributed by atoms with Gasteiger partial charge in [-0.3, -0.25) is 10.1 Å².